The highest BCUT2D eigenvalue weighted by Crippen LogP contribution is 2.39. The highest BCUT2D eigenvalue weighted by Gasteiger charge is 2.30. The van der Waals surface area contributed by atoms with Crippen LogP contribution in [-0.2, 0) is 6.42 Å². The van der Waals surface area contributed by atoms with Crippen LogP contribution in [0, 0.1) is 5.92 Å². The number of nitrogens with one attached hydrogen (secondary N) is 1. The Kier molecular flexibility index (Phi) is 5.35. The van der Waals surface area contributed by atoms with E-state index in [4.69, 9.17) is 0 Å². The van der Waals surface area contributed by atoms with Gasteiger partial charge in [-0.15, -0.1) is 0 Å². The van der Waals surface area contributed by atoms with E-state index in [1.54, 1.807) is 5.56 Å². The predicted octanol–water partition coefficient (Wildman–Crippen LogP) is 4.43. The molecule has 1 aromatic rings. The molecule has 0 bridgehead atoms. The number of thioether (sulfide) groups is 1. The van der Waals surface area contributed by atoms with Crippen LogP contribution in [0.2, 0.25) is 0 Å². The minimum atomic E-state index is 0.529. The van der Waals surface area contributed by atoms with Crippen molar-refractivity contribution in [1.82, 2.24) is 5.32 Å². The Balaban J connectivity index is 2.17. The van der Waals surface area contributed by atoms with Crippen molar-refractivity contribution in [2.24, 2.45) is 5.92 Å². The van der Waals surface area contributed by atoms with Gasteiger partial charge in [-0.3, -0.25) is 0 Å². The molecule has 2 rings (SSSR count). The third-order valence-electron chi connectivity index (χ3n) is 4.21. The first-order chi connectivity index (χ1) is 9.13. The van der Waals surface area contributed by atoms with Gasteiger partial charge in [-0.2, -0.15) is 11.8 Å². The van der Waals surface area contributed by atoms with Gasteiger partial charge in [-0.25, -0.2) is 0 Å². The number of fused-ring (bicyclic) bond motifs is 1. The molecule has 0 heterocycles. The lowest BCUT2D eigenvalue weighted by Gasteiger charge is -2.36. The maximum Gasteiger partial charge on any atom is 0.0443 e. The molecule has 0 aliphatic heterocycles. The van der Waals surface area contributed by atoms with Crippen LogP contribution in [0.25, 0.3) is 0 Å². The molecule has 1 aromatic carbocycles. The molecule has 1 N–H and O–H groups in total. The van der Waals surface area contributed by atoms with Crippen LogP contribution >= 0.6 is 11.8 Å². The van der Waals surface area contributed by atoms with Gasteiger partial charge in [0.15, 0.2) is 0 Å². The van der Waals surface area contributed by atoms with Crippen LogP contribution in [0.15, 0.2) is 24.3 Å². The molecule has 0 fully saturated rings. The predicted molar refractivity (Wildman–Crippen MR) is 86.9 cm³/mol. The molecule has 19 heavy (non-hydrogen) atoms. The molecule has 3 unspecified atom stereocenters. The highest BCUT2D eigenvalue weighted by atomic mass is 32.2. The van der Waals surface area contributed by atoms with E-state index >= 15 is 0 Å². The van der Waals surface area contributed by atoms with E-state index in [2.05, 4.69) is 69.0 Å². The van der Waals surface area contributed by atoms with Crippen LogP contribution in [-0.4, -0.2) is 17.0 Å². The average Bonchev–Trinajstić information content (AvgIpc) is 2.41. The number of benzene rings is 1. The molecule has 0 spiro atoms. The maximum atomic E-state index is 3.71. The van der Waals surface area contributed by atoms with Crippen LogP contribution in [0.3, 0.4) is 0 Å². The maximum absolute atomic E-state index is 3.71. The molecule has 1 aliphatic carbocycles. The molecular formula is C17H27NS. The highest BCUT2D eigenvalue weighted by molar-refractivity contribution is 8.00. The molecule has 106 valence electrons. The van der Waals surface area contributed by atoms with Crippen molar-refractivity contribution in [1.29, 1.82) is 0 Å². The van der Waals surface area contributed by atoms with E-state index in [1.165, 1.54) is 18.4 Å². The Bertz CT molecular complexity index is 402. The van der Waals surface area contributed by atoms with Crippen molar-refractivity contribution in [3.63, 3.8) is 0 Å². The van der Waals surface area contributed by atoms with Gasteiger partial charge in [0, 0.05) is 16.5 Å². The Morgan fingerprint density at radius 2 is 2.00 bits per heavy atom. The summed E-state index contributed by atoms with van der Waals surface area (Å²) in [5, 5.41) is 5.16. The zero-order valence-electron chi connectivity index (χ0n) is 12.6. The molecule has 0 aromatic heterocycles. The second-order valence-electron chi connectivity index (χ2n) is 5.90. The summed E-state index contributed by atoms with van der Waals surface area (Å²) in [6.45, 7) is 10.3. The first kappa shape index (κ1) is 14.9. The van der Waals surface area contributed by atoms with Gasteiger partial charge in [-0.05, 0) is 36.4 Å². The first-order valence-electron chi connectivity index (χ1n) is 7.60. The van der Waals surface area contributed by atoms with E-state index in [9.17, 15) is 0 Å². The molecule has 3 atom stereocenters. The zero-order chi connectivity index (χ0) is 13.8. The second-order valence-corrected chi connectivity index (χ2v) is 7.52. The molecule has 1 nitrogen and oxygen atoms in total. The van der Waals surface area contributed by atoms with Crippen molar-refractivity contribution < 1.29 is 0 Å². The average molecular weight is 277 g/mol. The first-order valence-corrected chi connectivity index (χ1v) is 8.54. The van der Waals surface area contributed by atoms with Crippen LogP contribution in [0.1, 0.15) is 51.3 Å². The van der Waals surface area contributed by atoms with E-state index in [0.29, 0.717) is 11.3 Å². The second kappa shape index (κ2) is 6.81. The number of hydrogen-bond donors (Lipinski definition) is 1. The minimum Gasteiger partial charge on any atom is -0.309 e. The summed E-state index contributed by atoms with van der Waals surface area (Å²) < 4.78 is 0. The van der Waals surface area contributed by atoms with Gasteiger partial charge < -0.3 is 5.32 Å². The lowest BCUT2D eigenvalue weighted by Crippen LogP contribution is -2.35. The Morgan fingerprint density at radius 3 is 2.68 bits per heavy atom. The van der Waals surface area contributed by atoms with Gasteiger partial charge in [0.2, 0.25) is 0 Å². The molecule has 0 saturated heterocycles. The van der Waals surface area contributed by atoms with Crippen LogP contribution in [0.4, 0.5) is 0 Å². The molecule has 0 radical (unpaired) electrons. The quantitative estimate of drug-likeness (QED) is 0.854. The summed E-state index contributed by atoms with van der Waals surface area (Å²) in [7, 11) is 0. The smallest absolute Gasteiger partial charge is 0.0443 e. The van der Waals surface area contributed by atoms with Crippen molar-refractivity contribution in [2.45, 2.75) is 57.1 Å². The van der Waals surface area contributed by atoms with E-state index in [-0.39, 0.29) is 0 Å². The van der Waals surface area contributed by atoms with E-state index in [0.717, 1.165) is 17.7 Å². The van der Waals surface area contributed by atoms with Crippen molar-refractivity contribution in [2.75, 3.05) is 6.54 Å². The van der Waals surface area contributed by atoms with Gasteiger partial charge in [0.05, 0.1) is 0 Å². The standard InChI is InChI=1S/C17H27NS/c1-5-18-17-15-9-7-6-8-14(15)10-11-16(17)19-13(4)12(2)3/h6-9,12-13,16-18H,5,10-11H2,1-4H3. The summed E-state index contributed by atoms with van der Waals surface area (Å²) in [6.07, 6.45) is 2.54. The van der Waals surface area contributed by atoms with E-state index in [1.807, 2.05) is 0 Å². The minimum absolute atomic E-state index is 0.529. The van der Waals surface area contributed by atoms with Gasteiger partial charge >= 0.3 is 0 Å². The molecule has 0 saturated carbocycles. The summed E-state index contributed by atoms with van der Waals surface area (Å²) >= 11 is 2.18. The van der Waals surface area contributed by atoms with Crippen molar-refractivity contribution in [3.05, 3.63) is 35.4 Å². The van der Waals surface area contributed by atoms with Crippen molar-refractivity contribution >= 4 is 11.8 Å². The lowest BCUT2D eigenvalue weighted by molar-refractivity contribution is 0.481. The molecule has 0 amide bonds. The summed E-state index contributed by atoms with van der Waals surface area (Å²) in [4.78, 5) is 0. The molecule has 1 aliphatic rings. The fraction of sp³-hybridized carbons (Fsp3) is 0.647. The van der Waals surface area contributed by atoms with Gasteiger partial charge in [-0.1, -0.05) is 52.0 Å². The summed E-state index contributed by atoms with van der Waals surface area (Å²) in [5.41, 5.74) is 3.08. The van der Waals surface area contributed by atoms with Crippen LogP contribution < -0.4 is 5.32 Å². The number of aryl methyl sites for hydroxylation is 1. The van der Waals surface area contributed by atoms with E-state index < -0.39 is 0 Å². The van der Waals surface area contributed by atoms with Crippen LogP contribution in [0.5, 0.6) is 0 Å². The van der Waals surface area contributed by atoms with Gasteiger partial charge in [0.1, 0.15) is 0 Å². The molecular weight excluding hydrogens is 250 g/mol. The normalized spacial score (nSPS) is 24.3. The number of hydrogen-bond acceptors (Lipinski definition) is 2. The fourth-order valence-corrected chi connectivity index (χ4v) is 4.29. The summed E-state index contributed by atoms with van der Waals surface area (Å²) in [5.74, 6) is 0.754. The topological polar surface area (TPSA) is 12.0 Å². The third-order valence-corrected chi connectivity index (χ3v) is 6.04. The summed E-state index contributed by atoms with van der Waals surface area (Å²) in [6, 6.07) is 9.50. The van der Waals surface area contributed by atoms with Crippen molar-refractivity contribution in [3.8, 4) is 0 Å². The lowest BCUT2D eigenvalue weighted by atomic mass is 9.87. The van der Waals surface area contributed by atoms with Gasteiger partial charge in [0.25, 0.3) is 0 Å². The Labute approximate surface area is 122 Å². The fourth-order valence-electron chi connectivity index (χ4n) is 2.77. The Morgan fingerprint density at radius 1 is 1.26 bits per heavy atom. The molecule has 2 heteroatoms. The SMILES string of the molecule is CCNC1c2ccccc2CCC1SC(C)C(C)C. The largest absolute Gasteiger partial charge is 0.309 e. The number of rotatable bonds is 5. The Hall–Kier alpha value is -0.470. The third kappa shape index (κ3) is 3.55. The zero-order valence-corrected chi connectivity index (χ0v) is 13.5. The monoisotopic (exact) mass is 277 g/mol.